The normalized spacial score (nSPS) is 18.3. The summed E-state index contributed by atoms with van der Waals surface area (Å²) < 4.78 is 65.7. The molecule has 1 N–H and O–H groups in total. The third-order valence-corrected chi connectivity index (χ3v) is 5.02. The number of piperidine rings is 1. The molecule has 0 saturated carbocycles. The molecule has 2 aromatic rings. The van der Waals surface area contributed by atoms with E-state index in [1.165, 1.54) is 23.1 Å². The van der Waals surface area contributed by atoms with Crippen molar-refractivity contribution in [2.75, 3.05) is 19.3 Å². The highest BCUT2D eigenvalue weighted by Gasteiger charge is 2.34. The summed E-state index contributed by atoms with van der Waals surface area (Å²) in [4.78, 5) is 14.1. The molecule has 1 aromatic heterocycles. The molecule has 2 heterocycles. The van der Waals surface area contributed by atoms with Gasteiger partial charge in [-0.2, -0.15) is 13.2 Å². The number of carbonyl (C=O) groups is 1. The zero-order valence-electron chi connectivity index (χ0n) is 14.8. The van der Waals surface area contributed by atoms with E-state index >= 15 is 0 Å². The van der Waals surface area contributed by atoms with Gasteiger partial charge in [0.15, 0.2) is 5.69 Å². The van der Waals surface area contributed by atoms with Crippen molar-refractivity contribution in [3.8, 4) is 5.69 Å². The van der Waals surface area contributed by atoms with E-state index in [1.54, 1.807) is 0 Å². The van der Waals surface area contributed by atoms with Gasteiger partial charge >= 0.3 is 6.18 Å². The van der Waals surface area contributed by atoms with Gasteiger partial charge in [0.25, 0.3) is 5.91 Å². The molecule has 152 valence electrons. The molecule has 0 aliphatic carbocycles. The number of sulfonamides is 1. The maximum Gasteiger partial charge on any atom is 0.418 e. The number of alkyl halides is 3. The van der Waals surface area contributed by atoms with Crippen LogP contribution in [0, 0.1) is 0 Å². The number of nitrogens with one attached hydrogen (secondary N) is 1. The van der Waals surface area contributed by atoms with Crippen LogP contribution in [0.5, 0.6) is 0 Å². The summed E-state index contributed by atoms with van der Waals surface area (Å²) in [5.74, 6) is -0.518. The molecule has 1 amide bonds. The molecule has 28 heavy (non-hydrogen) atoms. The zero-order valence-corrected chi connectivity index (χ0v) is 15.7. The summed E-state index contributed by atoms with van der Waals surface area (Å²) in [7, 11) is -3.41. The van der Waals surface area contributed by atoms with Crippen molar-refractivity contribution >= 4 is 15.9 Å². The van der Waals surface area contributed by atoms with Crippen LogP contribution in [0.3, 0.4) is 0 Å². The first-order chi connectivity index (χ1) is 13.0. The molecule has 0 radical (unpaired) electrons. The molecule has 8 nitrogen and oxygen atoms in total. The van der Waals surface area contributed by atoms with E-state index in [-0.39, 0.29) is 17.9 Å². The Balaban J connectivity index is 1.80. The average Bonchev–Trinajstić information content (AvgIpc) is 3.09. The van der Waals surface area contributed by atoms with Crippen LogP contribution in [0.2, 0.25) is 0 Å². The fourth-order valence-electron chi connectivity index (χ4n) is 3.12. The van der Waals surface area contributed by atoms with Crippen LogP contribution in [-0.2, 0) is 16.2 Å². The van der Waals surface area contributed by atoms with Crippen LogP contribution < -0.4 is 4.72 Å². The molecule has 1 aliphatic rings. The summed E-state index contributed by atoms with van der Waals surface area (Å²) in [6.07, 6.45) is -1.23. The van der Waals surface area contributed by atoms with Gasteiger partial charge in [0.1, 0.15) is 0 Å². The minimum Gasteiger partial charge on any atom is -0.336 e. The van der Waals surface area contributed by atoms with Crippen LogP contribution in [-0.4, -0.2) is 59.6 Å². The van der Waals surface area contributed by atoms with E-state index < -0.39 is 33.7 Å². The Labute approximate surface area is 159 Å². The molecule has 0 bridgehead atoms. The summed E-state index contributed by atoms with van der Waals surface area (Å²) in [5.41, 5.74) is -1.25. The molecule has 1 unspecified atom stereocenters. The first-order valence-corrected chi connectivity index (χ1v) is 10.3. The van der Waals surface area contributed by atoms with Crippen molar-refractivity contribution in [2.24, 2.45) is 0 Å². The van der Waals surface area contributed by atoms with Crippen LogP contribution in [0.4, 0.5) is 13.2 Å². The molecule has 1 saturated heterocycles. The second kappa shape index (κ2) is 7.51. The second-order valence-corrected chi connectivity index (χ2v) is 8.32. The van der Waals surface area contributed by atoms with E-state index in [1.807, 2.05) is 0 Å². The highest BCUT2D eigenvalue weighted by atomic mass is 32.2. The number of hydrogen-bond acceptors (Lipinski definition) is 5. The van der Waals surface area contributed by atoms with Crippen LogP contribution in [0.15, 0.2) is 30.5 Å². The van der Waals surface area contributed by atoms with Crippen molar-refractivity contribution in [3.05, 3.63) is 41.7 Å². The van der Waals surface area contributed by atoms with Crippen molar-refractivity contribution in [1.82, 2.24) is 24.6 Å². The first kappa shape index (κ1) is 20.3. The molecule has 1 fully saturated rings. The van der Waals surface area contributed by atoms with E-state index in [9.17, 15) is 26.4 Å². The number of hydrogen-bond donors (Lipinski definition) is 1. The minimum atomic E-state index is -4.58. The third kappa shape index (κ3) is 4.68. The van der Waals surface area contributed by atoms with Gasteiger partial charge in [-0.05, 0) is 25.0 Å². The molecule has 1 aliphatic heterocycles. The highest BCUT2D eigenvalue weighted by Crippen LogP contribution is 2.33. The van der Waals surface area contributed by atoms with Gasteiger partial charge in [-0.1, -0.05) is 17.3 Å². The van der Waals surface area contributed by atoms with E-state index in [0.717, 1.165) is 23.2 Å². The van der Waals surface area contributed by atoms with Gasteiger partial charge in [0.05, 0.1) is 23.7 Å². The van der Waals surface area contributed by atoms with Crippen molar-refractivity contribution in [1.29, 1.82) is 0 Å². The van der Waals surface area contributed by atoms with Crippen LogP contribution >= 0.6 is 0 Å². The number of benzene rings is 1. The number of likely N-dealkylation sites (tertiary alicyclic amines) is 1. The standard InChI is InChI=1S/C16H18F3N5O3S/c1-28(26,27)21-11-5-4-8-23(9-11)15(25)13-10-24(22-20-13)14-7-3-2-6-12(14)16(17,18)19/h2-3,6-7,10-11,21H,4-5,8-9H2,1H3. The largest absolute Gasteiger partial charge is 0.418 e. The molecule has 12 heteroatoms. The highest BCUT2D eigenvalue weighted by molar-refractivity contribution is 7.88. The molecular weight excluding hydrogens is 399 g/mol. The summed E-state index contributed by atoms with van der Waals surface area (Å²) in [6.45, 7) is 0.546. The van der Waals surface area contributed by atoms with E-state index in [2.05, 4.69) is 15.0 Å². The van der Waals surface area contributed by atoms with Gasteiger partial charge in [-0.3, -0.25) is 4.79 Å². The lowest BCUT2D eigenvalue weighted by molar-refractivity contribution is -0.137. The predicted molar refractivity (Wildman–Crippen MR) is 93.3 cm³/mol. The summed E-state index contributed by atoms with van der Waals surface area (Å²) >= 11 is 0. The number of carbonyl (C=O) groups excluding carboxylic acids is 1. The zero-order chi connectivity index (χ0) is 20.5. The predicted octanol–water partition coefficient (Wildman–Crippen LogP) is 1.44. The fourth-order valence-corrected chi connectivity index (χ4v) is 3.91. The molecular formula is C16H18F3N5O3S. The van der Waals surface area contributed by atoms with E-state index in [0.29, 0.717) is 19.4 Å². The Kier molecular flexibility index (Phi) is 5.44. The second-order valence-electron chi connectivity index (χ2n) is 6.54. The maximum atomic E-state index is 13.2. The lowest BCUT2D eigenvalue weighted by atomic mass is 10.1. The Hall–Kier alpha value is -2.47. The topological polar surface area (TPSA) is 97.2 Å². The SMILES string of the molecule is CS(=O)(=O)NC1CCCN(C(=O)c2cn(-c3ccccc3C(F)(F)F)nn2)C1. The first-order valence-electron chi connectivity index (χ1n) is 8.40. The van der Waals surface area contributed by atoms with Gasteiger partial charge in [0.2, 0.25) is 10.0 Å². The number of aromatic nitrogens is 3. The number of halogens is 3. The Morgan fingerprint density at radius 3 is 2.68 bits per heavy atom. The van der Waals surface area contributed by atoms with Gasteiger partial charge < -0.3 is 4.90 Å². The number of nitrogens with zero attached hydrogens (tertiary/aromatic N) is 4. The number of amides is 1. The number of para-hydroxylation sites is 1. The van der Waals surface area contributed by atoms with Crippen LogP contribution in [0.1, 0.15) is 28.9 Å². The Morgan fingerprint density at radius 1 is 1.29 bits per heavy atom. The van der Waals surface area contributed by atoms with Crippen molar-refractivity contribution in [3.63, 3.8) is 0 Å². The van der Waals surface area contributed by atoms with Gasteiger partial charge in [-0.25, -0.2) is 17.8 Å². The molecule has 0 spiro atoms. The minimum absolute atomic E-state index is 0.114. The summed E-state index contributed by atoms with van der Waals surface area (Å²) in [5, 5.41) is 7.37. The maximum absolute atomic E-state index is 13.2. The molecule has 1 atom stereocenters. The molecule has 3 rings (SSSR count). The third-order valence-electron chi connectivity index (χ3n) is 4.26. The quantitative estimate of drug-likeness (QED) is 0.812. The fraction of sp³-hybridized carbons (Fsp3) is 0.438. The Morgan fingerprint density at radius 2 is 2.00 bits per heavy atom. The summed E-state index contributed by atoms with van der Waals surface area (Å²) in [6, 6.07) is 4.43. The van der Waals surface area contributed by atoms with Gasteiger partial charge in [0, 0.05) is 19.1 Å². The lowest BCUT2D eigenvalue weighted by Crippen LogP contribution is -2.49. The van der Waals surface area contributed by atoms with Gasteiger partial charge in [-0.15, -0.1) is 5.10 Å². The lowest BCUT2D eigenvalue weighted by Gasteiger charge is -2.32. The molecule has 1 aromatic carbocycles. The Bertz CT molecular complexity index is 974. The number of rotatable bonds is 4. The smallest absolute Gasteiger partial charge is 0.336 e. The van der Waals surface area contributed by atoms with Crippen molar-refractivity contribution in [2.45, 2.75) is 25.1 Å². The van der Waals surface area contributed by atoms with Crippen LogP contribution in [0.25, 0.3) is 5.69 Å². The average molecular weight is 417 g/mol. The van der Waals surface area contributed by atoms with Crippen molar-refractivity contribution < 1.29 is 26.4 Å². The monoisotopic (exact) mass is 417 g/mol. The van der Waals surface area contributed by atoms with E-state index in [4.69, 9.17) is 0 Å².